The van der Waals surface area contributed by atoms with Crippen molar-refractivity contribution in [3.8, 4) is 0 Å². The second-order valence-corrected chi connectivity index (χ2v) is 7.53. The van der Waals surface area contributed by atoms with E-state index in [1.807, 2.05) is 0 Å². The van der Waals surface area contributed by atoms with E-state index in [-0.39, 0.29) is 22.6 Å². The Balaban J connectivity index is 3.15. The van der Waals surface area contributed by atoms with Gasteiger partial charge in [-0.2, -0.15) is 43.5 Å². The Labute approximate surface area is 153 Å². The van der Waals surface area contributed by atoms with Crippen molar-refractivity contribution in [1.82, 2.24) is 4.72 Å². The molecule has 0 saturated heterocycles. The summed E-state index contributed by atoms with van der Waals surface area (Å²) in [5.41, 5.74) is -0.555. The molecule has 1 aromatic carbocycles. The van der Waals surface area contributed by atoms with E-state index in [0.29, 0.717) is 4.72 Å². The van der Waals surface area contributed by atoms with Gasteiger partial charge in [0, 0.05) is 28.2 Å². The summed E-state index contributed by atoms with van der Waals surface area (Å²) < 4.78 is 124. The van der Waals surface area contributed by atoms with Gasteiger partial charge in [-0.05, 0) is 12.1 Å². The molecule has 0 aromatic heterocycles. The Hall–Kier alpha value is -1.23. The molecule has 0 spiro atoms. The van der Waals surface area contributed by atoms with Crippen LogP contribution in [0.25, 0.3) is 0 Å². The van der Waals surface area contributed by atoms with Crippen LogP contribution in [0.3, 0.4) is 0 Å². The maximum Gasteiger partial charge on any atom is 0.453 e. The second-order valence-electron chi connectivity index (χ2n) is 4.45. The molecule has 0 saturated carbocycles. The van der Waals surface area contributed by atoms with Gasteiger partial charge in [0.15, 0.2) is 0 Å². The number of carbonyl (C=O) groups is 1. The summed E-state index contributed by atoms with van der Waals surface area (Å²) in [4.78, 5) is 11.5. The van der Waals surface area contributed by atoms with Gasteiger partial charge in [-0.15, -0.1) is 0 Å². The van der Waals surface area contributed by atoms with E-state index in [0.717, 1.165) is 12.1 Å². The maximum absolute atomic E-state index is 13.5. The summed E-state index contributed by atoms with van der Waals surface area (Å²) in [5, 5.41) is -6.50. The number of hydrogen-bond donors (Lipinski definition) is 1. The normalized spacial score (nSPS) is 14.2. The molecular formula is C11H6F8INO4S. The summed E-state index contributed by atoms with van der Waals surface area (Å²) in [6.45, 7) is 0. The number of sulfonamides is 1. The Morgan fingerprint density at radius 1 is 0.923 bits per heavy atom. The van der Waals surface area contributed by atoms with Crippen molar-refractivity contribution >= 4 is 38.5 Å². The van der Waals surface area contributed by atoms with E-state index < -0.39 is 42.9 Å². The van der Waals surface area contributed by atoms with Crippen LogP contribution in [0.15, 0.2) is 30.3 Å². The summed E-state index contributed by atoms with van der Waals surface area (Å²) in [5.74, 6) is -1.80. The topological polar surface area (TPSA) is 72.5 Å². The summed E-state index contributed by atoms with van der Waals surface area (Å²) in [6.07, 6.45) is -12.8. The van der Waals surface area contributed by atoms with Crippen LogP contribution >= 0.6 is 22.6 Å². The van der Waals surface area contributed by atoms with E-state index in [1.165, 1.54) is 18.2 Å². The fourth-order valence-corrected chi connectivity index (χ4v) is 2.22. The first-order valence-electron chi connectivity index (χ1n) is 5.97. The molecule has 148 valence electrons. The zero-order valence-corrected chi connectivity index (χ0v) is 14.8. The minimum Gasteiger partial charge on any atom is -0.268 e. The van der Waals surface area contributed by atoms with Crippen LogP contribution in [-0.2, 0) is 14.8 Å². The highest BCUT2D eigenvalue weighted by Crippen LogP contribution is 2.48. The van der Waals surface area contributed by atoms with E-state index in [1.54, 1.807) is 0 Å². The van der Waals surface area contributed by atoms with Crippen molar-refractivity contribution in [2.75, 3.05) is 0 Å². The highest BCUT2D eigenvalue weighted by Gasteiger charge is 2.74. The van der Waals surface area contributed by atoms with Crippen LogP contribution in [0.4, 0.5) is 35.1 Å². The summed E-state index contributed by atoms with van der Waals surface area (Å²) in [6, 6.07) is 5.51. The van der Waals surface area contributed by atoms with Crippen LogP contribution in [0.1, 0.15) is 10.4 Å². The van der Waals surface area contributed by atoms with Gasteiger partial charge in [0.25, 0.3) is 5.91 Å². The van der Waals surface area contributed by atoms with Crippen molar-refractivity contribution in [3.63, 3.8) is 0 Å². The fourth-order valence-electron chi connectivity index (χ4n) is 1.27. The SMILES string of the molecule is O=C(NS(=O)(=O)C(F)(F)C(F)(F)OC(F)(F)C(F)(F)I)c1ccccc1. The van der Waals surface area contributed by atoms with Crippen LogP contribution in [0.2, 0.25) is 0 Å². The van der Waals surface area contributed by atoms with Gasteiger partial charge < -0.3 is 0 Å². The van der Waals surface area contributed by atoms with Crippen LogP contribution in [0.5, 0.6) is 0 Å². The van der Waals surface area contributed by atoms with E-state index in [4.69, 9.17) is 0 Å². The molecule has 1 amide bonds. The van der Waals surface area contributed by atoms with Gasteiger partial charge in [0.05, 0.1) is 0 Å². The molecule has 1 N–H and O–H groups in total. The minimum atomic E-state index is -6.67. The number of hydrogen-bond acceptors (Lipinski definition) is 4. The number of halogens is 9. The van der Waals surface area contributed by atoms with Gasteiger partial charge in [0.2, 0.25) is 0 Å². The maximum atomic E-state index is 13.5. The first-order chi connectivity index (χ1) is 11.4. The highest BCUT2D eigenvalue weighted by atomic mass is 127. The Morgan fingerprint density at radius 3 is 1.81 bits per heavy atom. The number of benzene rings is 1. The molecule has 5 nitrogen and oxygen atoms in total. The smallest absolute Gasteiger partial charge is 0.268 e. The largest absolute Gasteiger partial charge is 0.453 e. The first kappa shape index (κ1) is 22.8. The predicted molar refractivity (Wildman–Crippen MR) is 77.7 cm³/mol. The third-order valence-electron chi connectivity index (χ3n) is 2.53. The number of amides is 1. The van der Waals surface area contributed by atoms with Crippen molar-refractivity contribution < 1.29 is 53.1 Å². The molecule has 0 aliphatic heterocycles. The van der Waals surface area contributed by atoms with E-state index in [2.05, 4.69) is 4.74 Å². The van der Waals surface area contributed by atoms with Crippen molar-refractivity contribution in [2.45, 2.75) is 21.4 Å². The lowest BCUT2D eigenvalue weighted by Gasteiger charge is -2.30. The van der Waals surface area contributed by atoms with E-state index >= 15 is 0 Å². The van der Waals surface area contributed by atoms with Crippen LogP contribution in [0, 0.1) is 0 Å². The van der Waals surface area contributed by atoms with Gasteiger partial charge in [-0.3, -0.25) is 4.79 Å². The lowest BCUT2D eigenvalue weighted by atomic mass is 10.2. The molecule has 0 bridgehead atoms. The van der Waals surface area contributed by atoms with Gasteiger partial charge >= 0.3 is 31.4 Å². The Bertz CT molecular complexity index is 766. The molecule has 1 aromatic rings. The van der Waals surface area contributed by atoms with Crippen molar-refractivity contribution in [2.24, 2.45) is 0 Å². The van der Waals surface area contributed by atoms with Gasteiger partial charge in [-0.1, -0.05) is 18.2 Å². The average molecular weight is 527 g/mol. The van der Waals surface area contributed by atoms with Gasteiger partial charge in [-0.25, -0.2) is 9.46 Å². The van der Waals surface area contributed by atoms with Gasteiger partial charge in [0.1, 0.15) is 0 Å². The second kappa shape index (κ2) is 7.06. The molecule has 0 unspecified atom stereocenters. The quantitative estimate of drug-likeness (QED) is 0.335. The molecule has 1 rings (SSSR count). The summed E-state index contributed by atoms with van der Waals surface area (Å²) in [7, 11) is -6.67. The Morgan fingerprint density at radius 2 is 1.38 bits per heavy atom. The fraction of sp³-hybridized carbons (Fsp3) is 0.364. The van der Waals surface area contributed by atoms with Crippen molar-refractivity contribution in [3.05, 3.63) is 35.9 Å². The third-order valence-corrected chi connectivity index (χ3v) is 4.52. The molecule has 0 atom stereocenters. The number of carbonyl (C=O) groups excluding carboxylic acids is 1. The lowest BCUT2D eigenvalue weighted by Crippen LogP contribution is -2.58. The molecule has 0 aliphatic carbocycles. The number of ether oxygens (including phenoxy) is 1. The van der Waals surface area contributed by atoms with Crippen molar-refractivity contribution in [1.29, 1.82) is 0 Å². The molecule has 26 heavy (non-hydrogen) atoms. The monoisotopic (exact) mass is 527 g/mol. The Kier molecular flexibility index (Phi) is 6.20. The average Bonchev–Trinajstić information content (AvgIpc) is 2.45. The molecular weight excluding hydrogens is 521 g/mol. The molecule has 15 heteroatoms. The molecule has 0 radical (unpaired) electrons. The standard InChI is InChI=1S/C11H6F8INO4S/c12-8(13,20)9(14,15)25-10(16,17)11(18,19)26(23,24)21-7(22)6-4-2-1-3-5-6/h1-5H,(H,21,22). The first-order valence-corrected chi connectivity index (χ1v) is 8.53. The molecule has 0 heterocycles. The number of nitrogens with one attached hydrogen (secondary N) is 1. The highest BCUT2D eigenvalue weighted by molar-refractivity contribution is 14.1. The number of rotatable bonds is 7. The lowest BCUT2D eigenvalue weighted by molar-refractivity contribution is -0.438. The number of alkyl halides is 9. The molecule has 0 fully saturated rings. The van der Waals surface area contributed by atoms with Crippen LogP contribution in [-0.4, -0.2) is 35.7 Å². The van der Waals surface area contributed by atoms with E-state index in [9.17, 15) is 48.3 Å². The zero-order valence-electron chi connectivity index (χ0n) is 11.8. The zero-order chi connectivity index (χ0) is 20.6. The third kappa shape index (κ3) is 4.54. The van der Waals surface area contributed by atoms with Crippen LogP contribution < -0.4 is 4.72 Å². The minimum absolute atomic E-state index is 0.370. The molecule has 0 aliphatic rings. The summed E-state index contributed by atoms with van der Waals surface area (Å²) >= 11 is -0.370. The predicted octanol–water partition coefficient (Wildman–Crippen LogP) is 3.57.